The highest BCUT2D eigenvalue weighted by atomic mass is 32.1. The van der Waals surface area contributed by atoms with E-state index in [1.807, 2.05) is 0 Å². The first-order chi connectivity index (χ1) is 7.83. The third-order valence-electron chi connectivity index (χ3n) is 2.38. The average molecular weight is 252 g/mol. The SMILES string of the molecule is CC(C)(CNc1cccc(C(N)=S)n1)C(N)=O. The lowest BCUT2D eigenvalue weighted by Gasteiger charge is -2.21. The van der Waals surface area contributed by atoms with Crippen molar-refractivity contribution in [2.24, 2.45) is 16.9 Å². The minimum absolute atomic E-state index is 0.239. The highest BCUT2D eigenvalue weighted by Crippen LogP contribution is 2.15. The van der Waals surface area contributed by atoms with E-state index in [0.29, 0.717) is 18.1 Å². The normalized spacial score (nSPS) is 10.9. The molecule has 5 nitrogen and oxygen atoms in total. The predicted octanol–water partition coefficient (Wildman–Crippen LogP) is 0.639. The number of rotatable bonds is 5. The van der Waals surface area contributed by atoms with Crippen molar-refractivity contribution in [2.45, 2.75) is 13.8 Å². The van der Waals surface area contributed by atoms with Gasteiger partial charge in [-0.3, -0.25) is 4.79 Å². The van der Waals surface area contributed by atoms with Gasteiger partial charge in [0.05, 0.1) is 11.1 Å². The topological polar surface area (TPSA) is 94.0 Å². The van der Waals surface area contributed by atoms with Gasteiger partial charge in [-0.15, -0.1) is 0 Å². The quantitative estimate of drug-likeness (QED) is 0.669. The number of pyridine rings is 1. The molecule has 0 atom stereocenters. The average Bonchev–Trinajstić information content (AvgIpc) is 2.26. The van der Waals surface area contributed by atoms with E-state index < -0.39 is 5.41 Å². The molecule has 1 aromatic heterocycles. The molecule has 1 heterocycles. The van der Waals surface area contributed by atoms with Gasteiger partial charge in [-0.1, -0.05) is 18.3 Å². The molecule has 1 amide bonds. The van der Waals surface area contributed by atoms with E-state index in [1.165, 1.54) is 0 Å². The molecule has 0 bridgehead atoms. The number of nitrogens with two attached hydrogens (primary N) is 2. The summed E-state index contributed by atoms with van der Waals surface area (Å²) in [5.74, 6) is 0.250. The summed E-state index contributed by atoms with van der Waals surface area (Å²) in [6.45, 7) is 3.93. The number of thiocarbonyl (C=S) groups is 1. The molecular formula is C11H16N4OS. The third-order valence-corrected chi connectivity index (χ3v) is 2.59. The van der Waals surface area contributed by atoms with Gasteiger partial charge in [-0.05, 0) is 26.0 Å². The first kappa shape index (κ1) is 13.4. The first-order valence-corrected chi connectivity index (χ1v) is 5.54. The molecular weight excluding hydrogens is 236 g/mol. The highest BCUT2D eigenvalue weighted by molar-refractivity contribution is 7.80. The van der Waals surface area contributed by atoms with Crippen LogP contribution in [0.25, 0.3) is 0 Å². The van der Waals surface area contributed by atoms with Crippen molar-refractivity contribution in [3.63, 3.8) is 0 Å². The zero-order valence-corrected chi connectivity index (χ0v) is 10.7. The number of anilines is 1. The van der Waals surface area contributed by atoms with Gasteiger partial charge in [0.2, 0.25) is 5.91 Å². The van der Waals surface area contributed by atoms with Crippen LogP contribution in [0, 0.1) is 5.41 Å². The Morgan fingerprint density at radius 1 is 1.47 bits per heavy atom. The van der Waals surface area contributed by atoms with Crippen LogP contribution in [0.15, 0.2) is 18.2 Å². The molecule has 17 heavy (non-hydrogen) atoms. The fraction of sp³-hybridized carbons (Fsp3) is 0.364. The fourth-order valence-corrected chi connectivity index (χ4v) is 1.18. The molecule has 0 aliphatic rings. The summed E-state index contributed by atoms with van der Waals surface area (Å²) in [4.78, 5) is 15.6. The van der Waals surface area contributed by atoms with Crippen LogP contribution in [-0.2, 0) is 4.79 Å². The maximum atomic E-state index is 11.1. The number of carbonyl (C=O) groups is 1. The first-order valence-electron chi connectivity index (χ1n) is 5.13. The summed E-state index contributed by atoms with van der Waals surface area (Å²) in [5, 5.41) is 3.03. The van der Waals surface area contributed by atoms with E-state index >= 15 is 0 Å². The van der Waals surface area contributed by atoms with Gasteiger partial charge < -0.3 is 16.8 Å². The lowest BCUT2D eigenvalue weighted by molar-refractivity contribution is -0.125. The Morgan fingerprint density at radius 2 is 2.12 bits per heavy atom. The summed E-state index contributed by atoms with van der Waals surface area (Å²) in [5.41, 5.74) is 10.7. The molecule has 1 rings (SSSR count). The van der Waals surface area contributed by atoms with Gasteiger partial charge >= 0.3 is 0 Å². The Balaban J connectivity index is 2.73. The van der Waals surface area contributed by atoms with Crippen LogP contribution in [0.1, 0.15) is 19.5 Å². The summed E-state index contributed by atoms with van der Waals surface area (Å²) in [6, 6.07) is 5.30. The molecule has 0 spiro atoms. The van der Waals surface area contributed by atoms with Crippen LogP contribution in [0.4, 0.5) is 5.82 Å². The Hall–Kier alpha value is -1.69. The van der Waals surface area contributed by atoms with E-state index in [-0.39, 0.29) is 10.9 Å². The molecule has 0 saturated heterocycles. The second kappa shape index (κ2) is 5.09. The Labute approximate surface area is 106 Å². The smallest absolute Gasteiger partial charge is 0.224 e. The molecule has 0 aliphatic carbocycles. The molecule has 5 N–H and O–H groups in total. The zero-order valence-electron chi connectivity index (χ0n) is 9.86. The second-order valence-corrected chi connectivity index (χ2v) is 4.81. The van der Waals surface area contributed by atoms with Crippen molar-refractivity contribution in [1.29, 1.82) is 0 Å². The Bertz CT molecular complexity index is 445. The monoisotopic (exact) mass is 252 g/mol. The largest absolute Gasteiger partial charge is 0.388 e. The van der Waals surface area contributed by atoms with Gasteiger partial charge in [-0.25, -0.2) is 4.98 Å². The lowest BCUT2D eigenvalue weighted by atomic mass is 9.93. The van der Waals surface area contributed by atoms with E-state index in [2.05, 4.69) is 10.3 Å². The fourth-order valence-electron chi connectivity index (χ4n) is 1.07. The standard InChI is InChI=1S/C11H16N4OS/c1-11(2,10(13)16)6-14-8-5-3-4-7(15-8)9(12)17/h3-5H,6H2,1-2H3,(H2,12,17)(H2,13,16)(H,14,15). The molecule has 6 heteroatoms. The van der Waals surface area contributed by atoms with Gasteiger partial charge in [0.15, 0.2) is 0 Å². The summed E-state index contributed by atoms with van der Waals surface area (Å²) in [7, 11) is 0. The number of aromatic nitrogens is 1. The highest BCUT2D eigenvalue weighted by Gasteiger charge is 2.24. The minimum atomic E-state index is -0.638. The minimum Gasteiger partial charge on any atom is -0.388 e. The molecule has 0 saturated carbocycles. The molecule has 1 aromatic rings. The lowest BCUT2D eigenvalue weighted by Crippen LogP contribution is -2.37. The number of nitrogens with one attached hydrogen (secondary N) is 1. The van der Waals surface area contributed by atoms with Gasteiger partial charge in [-0.2, -0.15) is 0 Å². The number of amides is 1. The van der Waals surface area contributed by atoms with Crippen LogP contribution >= 0.6 is 12.2 Å². The van der Waals surface area contributed by atoms with Crippen LogP contribution < -0.4 is 16.8 Å². The number of hydrogen-bond acceptors (Lipinski definition) is 4. The zero-order chi connectivity index (χ0) is 13.1. The van der Waals surface area contributed by atoms with Gasteiger partial charge in [0.25, 0.3) is 0 Å². The Kier molecular flexibility index (Phi) is 4.01. The maximum absolute atomic E-state index is 11.1. The second-order valence-electron chi connectivity index (χ2n) is 4.37. The molecule has 0 fully saturated rings. The van der Waals surface area contributed by atoms with Crippen molar-refractivity contribution in [3.8, 4) is 0 Å². The van der Waals surface area contributed by atoms with E-state index in [1.54, 1.807) is 32.0 Å². The van der Waals surface area contributed by atoms with Crippen LogP contribution in [0.5, 0.6) is 0 Å². The van der Waals surface area contributed by atoms with Gasteiger partial charge in [0, 0.05) is 6.54 Å². The molecule has 0 unspecified atom stereocenters. The number of carbonyl (C=O) groups excluding carboxylic acids is 1. The van der Waals surface area contributed by atoms with Crippen molar-refractivity contribution in [3.05, 3.63) is 23.9 Å². The molecule has 92 valence electrons. The third kappa shape index (κ3) is 3.67. The van der Waals surface area contributed by atoms with Gasteiger partial charge in [0.1, 0.15) is 10.8 Å². The summed E-state index contributed by atoms with van der Waals surface area (Å²) in [6.07, 6.45) is 0. The van der Waals surface area contributed by atoms with E-state index in [9.17, 15) is 4.79 Å². The number of primary amides is 1. The number of hydrogen-bond donors (Lipinski definition) is 3. The van der Waals surface area contributed by atoms with E-state index in [0.717, 1.165) is 0 Å². The van der Waals surface area contributed by atoms with Crippen molar-refractivity contribution < 1.29 is 4.79 Å². The van der Waals surface area contributed by atoms with Crippen LogP contribution in [0.3, 0.4) is 0 Å². The Morgan fingerprint density at radius 3 is 2.65 bits per heavy atom. The molecule has 0 aliphatic heterocycles. The van der Waals surface area contributed by atoms with E-state index in [4.69, 9.17) is 23.7 Å². The molecule has 0 radical (unpaired) electrons. The molecule has 0 aromatic carbocycles. The van der Waals surface area contributed by atoms with Crippen LogP contribution in [-0.4, -0.2) is 22.4 Å². The predicted molar refractivity (Wildman–Crippen MR) is 71.6 cm³/mol. The summed E-state index contributed by atoms with van der Waals surface area (Å²) >= 11 is 4.83. The maximum Gasteiger partial charge on any atom is 0.224 e. The summed E-state index contributed by atoms with van der Waals surface area (Å²) < 4.78 is 0. The van der Waals surface area contributed by atoms with Crippen molar-refractivity contribution >= 4 is 28.9 Å². The van der Waals surface area contributed by atoms with Crippen molar-refractivity contribution in [1.82, 2.24) is 4.98 Å². The van der Waals surface area contributed by atoms with Crippen molar-refractivity contribution in [2.75, 3.05) is 11.9 Å². The van der Waals surface area contributed by atoms with Crippen LogP contribution in [0.2, 0.25) is 0 Å². The number of nitrogens with zero attached hydrogens (tertiary/aromatic N) is 1.